The van der Waals surface area contributed by atoms with E-state index in [1.807, 2.05) is 37.1 Å². The fraction of sp³-hybridized carbons (Fsp3) is 0.308. The van der Waals surface area contributed by atoms with Gasteiger partial charge in [-0.05, 0) is 42.8 Å². The van der Waals surface area contributed by atoms with Gasteiger partial charge in [-0.15, -0.1) is 11.3 Å². The van der Waals surface area contributed by atoms with Crippen LogP contribution in [0.1, 0.15) is 6.92 Å². The number of aryl methyl sites for hydroxylation is 1. The Balaban J connectivity index is 1.39. The summed E-state index contributed by atoms with van der Waals surface area (Å²) >= 11 is 1.62. The molecule has 1 N–H and O–H groups in total. The zero-order valence-corrected chi connectivity index (χ0v) is 21.0. The molecule has 36 heavy (non-hydrogen) atoms. The van der Waals surface area contributed by atoms with Crippen molar-refractivity contribution in [1.29, 1.82) is 0 Å². The number of nitrogens with one attached hydrogen (secondary N) is 1. The molecule has 1 aliphatic rings. The second-order valence-electron chi connectivity index (χ2n) is 8.99. The van der Waals surface area contributed by atoms with Gasteiger partial charge in [0.25, 0.3) is 0 Å². The van der Waals surface area contributed by atoms with Crippen LogP contribution < -0.4 is 10.1 Å². The van der Waals surface area contributed by atoms with Gasteiger partial charge in [0, 0.05) is 44.1 Å². The number of benzene rings is 2. The van der Waals surface area contributed by atoms with E-state index in [0.29, 0.717) is 5.82 Å². The van der Waals surface area contributed by atoms with Gasteiger partial charge in [0.2, 0.25) is 0 Å². The van der Waals surface area contributed by atoms with E-state index in [-0.39, 0.29) is 6.10 Å². The van der Waals surface area contributed by atoms with Crippen molar-refractivity contribution in [3.05, 3.63) is 54.6 Å². The molecule has 5 aromatic rings. The van der Waals surface area contributed by atoms with E-state index in [1.54, 1.807) is 22.3 Å². The van der Waals surface area contributed by atoms with Gasteiger partial charge in [0.15, 0.2) is 0 Å². The summed E-state index contributed by atoms with van der Waals surface area (Å²) in [5, 5.41) is 8.68. The van der Waals surface area contributed by atoms with Crippen LogP contribution in [0, 0.1) is 0 Å². The Kier molecular flexibility index (Phi) is 6.22. The number of morpholine rings is 1. The van der Waals surface area contributed by atoms with Crippen molar-refractivity contribution in [3.8, 4) is 16.9 Å². The zero-order valence-electron chi connectivity index (χ0n) is 20.2. The van der Waals surface area contributed by atoms with Crippen molar-refractivity contribution in [3.63, 3.8) is 0 Å². The molecule has 0 amide bonds. The zero-order chi connectivity index (χ0) is 24.5. The standard InChI is InChI=1S/C26H27N7O2S/c1-17(13-33-5-7-34-8-6-33)35-23-10-18(19-12-30-32(2)14-19)9-22-25(23)26(28-15-27-22)31-20-3-4-21-24(11-20)36-16-29-21/h3-4,9-12,14-17H,5-8,13H2,1-2H3,(H,27,28,31)/t17-/m1/s1. The van der Waals surface area contributed by atoms with Crippen LogP contribution in [-0.2, 0) is 11.8 Å². The highest BCUT2D eigenvalue weighted by atomic mass is 32.1. The van der Waals surface area contributed by atoms with Crippen molar-refractivity contribution in [2.75, 3.05) is 38.2 Å². The minimum absolute atomic E-state index is 0.0305. The second-order valence-corrected chi connectivity index (χ2v) is 9.88. The maximum absolute atomic E-state index is 6.60. The lowest BCUT2D eigenvalue weighted by atomic mass is 10.1. The first-order valence-electron chi connectivity index (χ1n) is 12.0. The first-order valence-corrected chi connectivity index (χ1v) is 12.9. The van der Waals surface area contributed by atoms with Gasteiger partial charge < -0.3 is 14.8 Å². The third-order valence-electron chi connectivity index (χ3n) is 6.28. The molecule has 10 heteroatoms. The van der Waals surface area contributed by atoms with Gasteiger partial charge in [-0.25, -0.2) is 15.0 Å². The maximum atomic E-state index is 6.60. The minimum Gasteiger partial charge on any atom is -0.489 e. The van der Waals surface area contributed by atoms with Crippen LogP contribution in [0.25, 0.3) is 32.2 Å². The summed E-state index contributed by atoms with van der Waals surface area (Å²) in [6.07, 6.45) is 5.40. The quantitative estimate of drug-likeness (QED) is 0.349. The second kappa shape index (κ2) is 9.81. The molecule has 0 unspecified atom stereocenters. The molecule has 184 valence electrons. The van der Waals surface area contributed by atoms with Crippen LogP contribution in [0.15, 0.2) is 54.6 Å². The molecule has 0 aliphatic carbocycles. The topological polar surface area (TPSA) is 90.2 Å². The molecule has 1 aliphatic heterocycles. The van der Waals surface area contributed by atoms with Gasteiger partial charge in [0.1, 0.15) is 24.0 Å². The summed E-state index contributed by atoms with van der Waals surface area (Å²) < 4.78 is 15.0. The summed E-state index contributed by atoms with van der Waals surface area (Å²) in [4.78, 5) is 16.0. The number of hydrogen-bond acceptors (Lipinski definition) is 9. The summed E-state index contributed by atoms with van der Waals surface area (Å²) in [6, 6.07) is 10.2. The summed E-state index contributed by atoms with van der Waals surface area (Å²) in [6.45, 7) is 6.28. The lowest BCUT2D eigenvalue weighted by Gasteiger charge is -2.29. The molecular formula is C26H27N7O2S. The van der Waals surface area contributed by atoms with Crippen molar-refractivity contribution < 1.29 is 9.47 Å². The van der Waals surface area contributed by atoms with Crippen LogP contribution in [0.5, 0.6) is 5.75 Å². The average Bonchev–Trinajstić information content (AvgIpc) is 3.53. The number of nitrogens with zero attached hydrogens (tertiary/aromatic N) is 6. The largest absolute Gasteiger partial charge is 0.489 e. The summed E-state index contributed by atoms with van der Waals surface area (Å²) in [5.74, 6) is 1.45. The van der Waals surface area contributed by atoms with Crippen molar-refractivity contribution in [2.45, 2.75) is 13.0 Å². The predicted octanol–water partition coefficient (Wildman–Crippen LogP) is 4.48. The number of anilines is 2. The van der Waals surface area contributed by atoms with Gasteiger partial charge in [-0.2, -0.15) is 5.10 Å². The van der Waals surface area contributed by atoms with E-state index in [2.05, 4.69) is 55.4 Å². The Morgan fingerprint density at radius 3 is 2.81 bits per heavy atom. The summed E-state index contributed by atoms with van der Waals surface area (Å²) in [5.41, 5.74) is 6.60. The number of rotatable bonds is 7. The lowest BCUT2D eigenvalue weighted by Crippen LogP contribution is -2.41. The Hall–Kier alpha value is -3.60. The highest BCUT2D eigenvalue weighted by molar-refractivity contribution is 7.16. The molecular weight excluding hydrogens is 474 g/mol. The van der Waals surface area contributed by atoms with E-state index in [1.165, 1.54) is 0 Å². The first kappa shape index (κ1) is 22.8. The van der Waals surface area contributed by atoms with E-state index < -0.39 is 0 Å². The Morgan fingerprint density at radius 1 is 1.08 bits per heavy atom. The number of aromatic nitrogens is 5. The van der Waals surface area contributed by atoms with Crippen molar-refractivity contribution in [2.24, 2.45) is 7.05 Å². The molecule has 2 aromatic carbocycles. The molecule has 0 bridgehead atoms. The third-order valence-corrected chi connectivity index (χ3v) is 7.07. The van der Waals surface area contributed by atoms with Crippen LogP contribution in [-0.4, -0.2) is 68.6 Å². The fourth-order valence-corrected chi connectivity index (χ4v) is 5.27. The highest BCUT2D eigenvalue weighted by Crippen LogP contribution is 2.37. The number of ether oxygens (including phenoxy) is 2. The van der Waals surface area contributed by atoms with E-state index in [0.717, 1.165) is 76.5 Å². The number of thiazole rings is 1. The van der Waals surface area contributed by atoms with Crippen molar-refractivity contribution in [1.82, 2.24) is 29.6 Å². The van der Waals surface area contributed by atoms with Crippen LogP contribution in [0.3, 0.4) is 0 Å². The first-order chi connectivity index (χ1) is 17.6. The van der Waals surface area contributed by atoms with E-state index in [9.17, 15) is 0 Å². The smallest absolute Gasteiger partial charge is 0.145 e. The van der Waals surface area contributed by atoms with Gasteiger partial charge in [-0.1, -0.05) is 0 Å². The monoisotopic (exact) mass is 501 g/mol. The van der Waals surface area contributed by atoms with E-state index in [4.69, 9.17) is 9.47 Å². The van der Waals surface area contributed by atoms with E-state index >= 15 is 0 Å². The molecule has 9 nitrogen and oxygen atoms in total. The molecule has 3 aromatic heterocycles. The van der Waals surface area contributed by atoms with Crippen LogP contribution >= 0.6 is 11.3 Å². The molecule has 0 spiro atoms. The molecule has 1 atom stereocenters. The normalized spacial score (nSPS) is 15.4. The van der Waals surface area contributed by atoms with Gasteiger partial charge >= 0.3 is 0 Å². The van der Waals surface area contributed by atoms with Crippen LogP contribution in [0.2, 0.25) is 0 Å². The van der Waals surface area contributed by atoms with Crippen molar-refractivity contribution >= 4 is 44.0 Å². The lowest BCUT2D eigenvalue weighted by molar-refractivity contribution is 0.0220. The third kappa shape index (κ3) is 4.75. The van der Waals surface area contributed by atoms with Gasteiger partial charge in [0.05, 0.1) is 46.0 Å². The molecule has 1 fully saturated rings. The highest BCUT2D eigenvalue weighted by Gasteiger charge is 2.19. The molecule has 0 saturated carbocycles. The molecule has 4 heterocycles. The Bertz CT molecular complexity index is 1510. The molecule has 6 rings (SSSR count). The SMILES string of the molecule is C[C@H](CN1CCOCC1)Oc1cc(-c2cnn(C)c2)cc2ncnc(Nc3ccc4ncsc4c3)c12. The Morgan fingerprint density at radius 2 is 1.97 bits per heavy atom. The van der Waals surface area contributed by atoms with Gasteiger partial charge in [-0.3, -0.25) is 9.58 Å². The maximum Gasteiger partial charge on any atom is 0.145 e. The van der Waals surface area contributed by atoms with Crippen LogP contribution in [0.4, 0.5) is 11.5 Å². The number of hydrogen-bond donors (Lipinski definition) is 1. The average molecular weight is 502 g/mol. The molecule has 0 radical (unpaired) electrons. The Labute approximate surface area is 212 Å². The fourth-order valence-electron chi connectivity index (χ4n) is 4.55. The number of fused-ring (bicyclic) bond motifs is 2. The minimum atomic E-state index is -0.0305. The predicted molar refractivity (Wildman–Crippen MR) is 142 cm³/mol. The molecule has 1 saturated heterocycles. The summed E-state index contributed by atoms with van der Waals surface area (Å²) in [7, 11) is 1.91.